The summed E-state index contributed by atoms with van der Waals surface area (Å²) in [7, 11) is -4.25. The summed E-state index contributed by atoms with van der Waals surface area (Å²) in [6.45, 7) is 0. The number of nitrogens with zero attached hydrogens (tertiary/aromatic N) is 1. The van der Waals surface area contributed by atoms with Crippen LogP contribution in [0.3, 0.4) is 0 Å². The molecule has 7 nitrogen and oxygen atoms in total. The number of carbonyl (C=O) groups excluding carboxylic acids is 1. The summed E-state index contributed by atoms with van der Waals surface area (Å²) in [5, 5.41) is 10.5. The molecular formula is C13H9NO6S2. The van der Waals surface area contributed by atoms with Crippen LogP contribution in [-0.4, -0.2) is 23.7 Å². The molecule has 0 spiro atoms. The summed E-state index contributed by atoms with van der Waals surface area (Å²) in [5.74, 6) is -0.378. The zero-order valence-corrected chi connectivity index (χ0v) is 12.5. The van der Waals surface area contributed by atoms with Gasteiger partial charge in [0, 0.05) is 22.6 Å². The lowest BCUT2D eigenvalue weighted by atomic mass is 10.1. The summed E-state index contributed by atoms with van der Waals surface area (Å²) in [5.41, 5.74) is 0.157. The molecule has 2 aromatic rings. The van der Waals surface area contributed by atoms with Crippen LogP contribution in [0.15, 0.2) is 46.7 Å². The van der Waals surface area contributed by atoms with E-state index in [-0.39, 0.29) is 21.2 Å². The molecule has 2 rings (SSSR count). The topological polar surface area (TPSA) is 115 Å². The van der Waals surface area contributed by atoms with Crippen LogP contribution in [0.5, 0.6) is 0 Å². The molecule has 0 atom stereocenters. The van der Waals surface area contributed by atoms with E-state index in [0.29, 0.717) is 4.88 Å². The highest BCUT2D eigenvalue weighted by Crippen LogP contribution is 2.22. The predicted octanol–water partition coefficient (Wildman–Crippen LogP) is 2.80. The Balaban J connectivity index is 2.14. The number of hydrogen-bond acceptors (Lipinski definition) is 6. The van der Waals surface area contributed by atoms with Crippen molar-refractivity contribution in [3.63, 3.8) is 0 Å². The Kier molecular flexibility index (Phi) is 4.50. The maximum absolute atomic E-state index is 11.9. The number of rotatable bonds is 5. The van der Waals surface area contributed by atoms with Gasteiger partial charge in [-0.1, -0.05) is 0 Å². The maximum Gasteiger partial charge on any atom is 0.304 e. The van der Waals surface area contributed by atoms with Crippen molar-refractivity contribution in [1.82, 2.24) is 0 Å². The van der Waals surface area contributed by atoms with Crippen molar-refractivity contribution in [2.24, 2.45) is 0 Å². The van der Waals surface area contributed by atoms with E-state index in [2.05, 4.69) is 0 Å². The van der Waals surface area contributed by atoms with Crippen LogP contribution in [-0.2, 0) is 10.1 Å². The molecule has 114 valence electrons. The number of nitro benzene ring substituents is 1. The summed E-state index contributed by atoms with van der Waals surface area (Å²) < 4.78 is 30.5. The van der Waals surface area contributed by atoms with Crippen LogP contribution in [0, 0.1) is 10.1 Å². The van der Waals surface area contributed by atoms with Crippen molar-refractivity contribution >= 4 is 39.0 Å². The van der Waals surface area contributed by atoms with Gasteiger partial charge in [0.25, 0.3) is 5.69 Å². The van der Waals surface area contributed by atoms with E-state index >= 15 is 0 Å². The van der Waals surface area contributed by atoms with Crippen LogP contribution in [0.4, 0.5) is 5.69 Å². The fourth-order valence-electron chi connectivity index (χ4n) is 1.56. The normalized spacial score (nSPS) is 11.7. The lowest BCUT2D eigenvalue weighted by Gasteiger charge is -1.95. The molecule has 1 heterocycles. The third kappa shape index (κ3) is 3.85. The molecular weight excluding hydrogens is 330 g/mol. The molecule has 22 heavy (non-hydrogen) atoms. The standard InChI is InChI=1S/C13H9NO6S2/c15-12(9-1-3-10(4-2-9)14(16)17)7-5-11-6-8-13(21-11)22(18,19)20/h1-8H,(H,18,19,20)/b7-5+. The van der Waals surface area contributed by atoms with E-state index in [1.807, 2.05) is 0 Å². The molecule has 1 aromatic carbocycles. The summed E-state index contributed by atoms with van der Waals surface area (Å²) in [6.07, 6.45) is 2.63. The van der Waals surface area contributed by atoms with Crippen molar-refractivity contribution in [1.29, 1.82) is 0 Å². The average molecular weight is 339 g/mol. The first-order valence-corrected chi connectivity index (χ1v) is 8.07. The number of thiophene rings is 1. The third-order valence-electron chi connectivity index (χ3n) is 2.62. The Hall–Kier alpha value is -2.36. The summed E-state index contributed by atoms with van der Waals surface area (Å²) in [6, 6.07) is 7.81. The first kappa shape index (κ1) is 16.0. The Morgan fingerprint density at radius 1 is 1.18 bits per heavy atom. The van der Waals surface area contributed by atoms with Crippen LogP contribution in [0.2, 0.25) is 0 Å². The van der Waals surface area contributed by atoms with Crippen molar-refractivity contribution in [2.45, 2.75) is 4.21 Å². The molecule has 0 saturated heterocycles. The van der Waals surface area contributed by atoms with Gasteiger partial charge in [0.05, 0.1) is 4.92 Å². The Morgan fingerprint density at radius 3 is 2.32 bits per heavy atom. The Labute approximate surface area is 129 Å². The zero-order chi connectivity index (χ0) is 16.3. The molecule has 0 bridgehead atoms. The fourth-order valence-corrected chi connectivity index (χ4v) is 3.15. The van der Waals surface area contributed by atoms with Gasteiger partial charge in [-0.3, -0.25) is 19.5 Å². The molecule has 0 fully saturated rings. The minimum Gasteiger partial charge on any atom is -0.289 e. The monoisotopic (exact) mass is 339 g/mol. The van der Waals surface area contributed by atoms with Gasteiger partial charge < -0.3 is 0 Å². The molecule has 9 heteroatoms. The SMILES string of the molecule is O=C(/C=C/c1ccc(S(=O)(=O)O)s1)c1ccc([N+](=O)[O-])cc1. The molecule has 0 aliphatic carbocycles. The van der Waals surface area contributed by atoms with E-state index in [4.69, 9.17) is 4.55 Å². The van der Waals surface area contributed by atoms with Gasteiger partial charge >= 0.3 is 10.1 Å². The second-order valence-electron chi connectivity index (χ2n) is 4.13. The summed E-state index contributed by atoms with van der Waals surface area (Å²) >= 11 is 0.817. The highest BCUT2D eigenvalue weighted by molar-refractivity contribution is 7.88. The number of carbonyl (C=O) groups is 1. The number of non-ortho nitro benzene ring substituents is 1. The van der Waals surface area contributed by atoms with Crippen LogP contribution < -0.4 is 0 Å². The van der Waals surface area contributed by atoms with E-state index < -0.39 is 15.0 Å². The summed E-state index contributed by atoms with van der Waals surface area (Å²) in [4.78, 5) is 22.3. The van der Waals surface area contributed by atoms with Crippen molar-refractivity contribution < 1.29 is 22.7 Å². The molecule has 0 saturated carbocycles. The molecule has 0 amide bonds. The first-order valence-electron chi connectivity index (χ1n) is 5.81. The largest absolute Gasteiger partial charge is 0.304 e. The lowest BCUT2D eigenvalue weighted by Crippen LogP contribution is -1.95. The van der Waals surface area contributed by atoms with E-state index in [0.717, 1.165) is 11.3 Å². The average Bonchev–Trinajstić information content (AvgIpc) is 2.94. The van der Waals surface area contributed by atoms with Gasteiger partial charge in [-0.2, -0.15) is 8.42 Å². The third-order valence-corrected chi connectivity index (χ3v) is 4.99. The van der Waals surface area contributed by atoms with E-state index in [9.17, 15) is 23.3 Å². The van der Waals surface area contributed by atoms with E-state index in [1.54, 1.807) is 0 Å². The fraction of sp³-hybridized carbons (Fsp3) is 0. The van der Waals surface area contributed by atoms with Crippen LogP contribution >= 0.6 is 11.3 Å². The Bertz CT molecular complexity index is 849. The number of hydrogen-bond donors (Lipinski definition) is 1. The van der Waals surface area contributed by atoms with Gasteiger partial charge in [0.1, 0.15) is 4.21 Å². The molecule has 1 N–H and O–H groups in total. The van der Waals surface area contributed by atoms with Crippen LogP contribution in [0.25, 0.3) is 6.08 Å². The number of nitro groups is 1. The van der Waals surface area contributed by atoms with Gasteiger partial charge in [-0.25, -0.2) is 0 Å². The second kappa shape index (κ2) is 6.18. The van der Waals surface area contributed by atoms with Crippen molar-refractivity contribution in [3.05, 3.63) is 63.0 Å². The quantitative estimate of drug-likeness (QED) is 0.294. The van der Waals surface area contributed by atoms with Crippen molar-refractivity contribution in [3.8, 4) is 0 Å². The highest BCUT2D eigenvalue weighted by atomic mass is 32.3. The zero-order valence-electron chi connectivity index (χ0n) is 10.9. The highest BCUT2D eigenvalue weighted by Gasteiger charge is 2.12. The second-order valence-corrected chi connectivity index (χ2v) is 6.90. The molecule has 0 aliphatic rings. The van der Waals surface area contributed by atoms with E-state index in [1.165, 1.54) is 48.6 Å². The van der Waals surface area contributed by atoms with Gasteiger partial charge in [0.15, 0.2) is 5.78 Å². The minimum absolute atomic E-state index is 0.114. The maximum atomic E-state index is 11.9. The minimum atomic E-state index is -4.25. The Morgan fingerprint density at radius 2 is 1.82 bits per heavy atom. The first-order chi connectivity index (χ1) is 10.3. The number of allylic oxidation sites excluding steroid dienone is 1. The lowest BCUT2D eigenvalue weighted by molar-refractivity contribution is -0.384. The molecule has 0 aliphatic heterocycles. The number of ketones is 1. The van der Waals surface area contributed by atoms with Gasteiger partial charge in [0.2, 0.25) is 0 Å². The molecule has 0 unspecified atom stereocenters. The number of benzene rings is 1. The smallest absolute Gasteiger partial charge is 0.289 e. The van der Waals surface area contributed by atoms with Gasteiger partial charge in [-0.15, -0.1) is 11.3 Å². The van der Waals surface area contributed by atoms with Crippen molar-refractivity contribution in [2.75, 3.05) is 0 Å². The molecule has 0 radical (unpaired) electrons. The predicted molar refractivity (Wildman–Crippen MR) is 80.6 cm³/mol. The van der Waals surface area contributed by atoms with Crippen LogP contribution in [0.1, 0.15) is 15.2 Å². The molecule has 1 aromatic heterocycles. The van der Waals surface area contributed by atoms with Gasteiger partial charge in [-0.05, 0) is 36.4 Å².